The third-order valence-electron chi connectivity index (χ3n) is 2.77. The average Bonchev–Trinajstić information content (AvgIpc) is 2.83. The van der Waals surface area contributed by atoms with E-state index in [0.29, 0.717) is 6.42 Å². The fourth-order valence-corrected chi connectivity index (χ4v) is 1.93. The molecule has 1 aliphatic rings. The molecule has 1 aliphatic heterocycles. The zero-order chi connectivity index (χ0) is 14.0. The topological polar surface area (TPSA) is 75.6 Å². The summed E-state index contributed by atoms with van der Waals surface area (Å²) in [5.41, 5.74) is 0.245. The van der Waals surface area contributed by atoms with Crippen molar-refractivity contribution in [3.05, 3.63) is 29.0 Å². The minimum atomic E-state index is -1.09. The normalized spacial score (nSPS) is 22.2. The van der Waals surface area contributed by atoms with Crippen LogP contribution in [0.4, 0.5) is 10.1 Å². The molecule has 19 heavy (non-hydrogen) atoms. The van der Waals surface area contributed by atoms with Crippen molar-refractivity contribution in [1.82, 2.24) is 0 Å². The Morgan fingerprint density at radius 3 is 2.63 bits per heavy atom. The molecule has 0 saturated carbocycles. The van der Waals surface area contributed by atoms with E-state index >= 15 is 0 Å². The lowest BCUT2D eigenvalue weighted by Gasteiger charge is -2.12. The van der Waals surface area contributed by atoms with Crippen LogP contribution in [0.3, 0.4) is 0 Å². The number of carboxylic acids is 1. The molecule has 1 fully saturated rings. The summed E-state index contributed by atoms with van der Waals surface area (Å²) in [5, 5.41) is 11.2. The number of carbonyl (C=O) groups is 2. The van der Waals surface area contributed by atoms with Gasteiger partial charge in [0, 0.05) is 5.69 Å². The fraction of sp³-hybridized carbons (Fsp3) is 0.333. The van der Waals surface area contributed by atoms with Crippen molar-refractivity contribution in [2.45, 2.75) is 25.0 Å². The first-order chi connectivity index (χ1) is 8.97. The lowest BCUT2D eigenvalue weighted by atomic mass is 10.2. The summed E-state index contributed by atoms with van der Waals surface area (Å²) in [5.74, 6) is -2.23. The Morgan fingerprint density at radius 1 is 1.37 bits per heavy atom. The third kappa shape index (κ3) is 3.21. The zero-order valence-corrected chi connectivity index (χ0v) is 10.5. The first-order valence-corrected chi connectivity index (χ1v) is 5.99. The van der Waals surface area contributed by atoms with E-state index in [4.69, 9.17) is 21.4 Å². The van der Waals surface area contributed by atoms with Gasteiger partial charge in [0.15, 0.2) is 6.10 Å². The van der Waals surface area contributed by atoms with Crippen molar-refractivity contribution in [3.63, 3.8) is 0 Å². The summed E-state index contributed by atoms with van der Waals surface area (Å²) in [7, 11) is 0. The van der Waals surface area contributed by atoms with Crippen LogP contribution in [0.15, 0.2) is 18.2 Å². The molecule has 1 aromatic carbocycles. The number of benzene rings is 1. The first-order valence-electron chi connectivity index (χ1n) is 5.61. The highest BCUT2D eigenvalue weighted by molar-refractivity contribution is 6.30. The van der Waals surface area contributed by atoms with Crippen molar-refractivity contribution >= 4 is 29.2 Å². The SMILES string of the molecule is O=C(O)C1CCC(C(=O)Nc2ccc(Cl)c(F)c2)O1. The number of carboxylic acid groups (broad SMARTS) is 1. The smallest absolute Gasteiger partial charge is 0.332 e. The van der Waals surface area contributed by atoms with Crippen LogP contribution in [0, 0.1) is 5.82 Å². The Bertz CT molecular complexity index is 522. The van der Waals surface area contributed by atoms with Gasteiger partial charge in [-0.2, -0.15) is 0 Å². The monoisotopic (exact) mass is 287 g/mol. The Labute approximate surface area is 113 Å². The van der Waals surface area contributed by atoms with Crippen molar-refractivity contribution in [2.24, 2.45) is 0 Å². The van der Waals surface area contributed by atoms with Gasteiger partial charge in [-0.15, -0.1) is 0 Å². The summed E-state index contributed by atoms with van der Waals surface area (Å²) in [6.45, 7) is 0. The van der Waals surface area contributed by atoms with Crippen LogP contribution in [0.2, 0.25) is 5.02 Å². The van der Waals surface area contributed by atoms with Crippen LogP contribution in [0.1, 0.15) is 12.8 Å². The summed E-state index contributed by atoms with van der Waals surface area (Å²) in [6, 6.07) is 3.86. The molecule has 1 heterocycles. The molecule has 7 heteroatoms. The maximum absolute atomic E-state index is 13.2. The maximum atomic E-state index is 13.2. The highest BCUT2D eigenvalue weighted by Crippen LogP contribution is 2.23. The summed E-state index contributed by atoms with van der Waals surface area (Å²) in [6.07, 6.45) is -1.20. The Morgan fingerprint density at radius 2 is 2.05 bits per heavy atom. The van der Waals surface area contributed by atoms with Crippen molar-refractivity contribution in [3.8, 4) is 0 Å². The molecule has 2 unspecified atom stereocenters. The van der Waals surface area contributed by atoms with Crippen molar-refractivity contribution in [2.75, 3.05) is 5.32 Å². The highest BCUT2D eigenvalue weighted by atomic mass is 35.5. The first kappa shape index (κ1) is 13.8. The molecule has 2 atom stereocenters. The van der Waals surface area contributed by atoms with Gasteiger partial charge in [0.1, 0.15) is 11.9 Å². The van der Waals surface area contributed by atoms with Gasteiger partial charge in [0.05, 0.1) is 5.02 Å². The van der Waals surface area contributed by atoms with Crippen LogP contribution >= 0.6 is 11.6 Å². The fourth-order valence-electron chi connectivity index (χ4n) is 1.81. The lowest BCUT2D eigenvalue weighted by Crippen LogP contribution is -2.29. The second kappa shape index (κ2) is 5.54. The van der Waals surface area contributed by atoms with E-state index in [9.17, 15) is 14.0 Å². The molecule has 102 valence electrons. The van der Waals surface area contributed by atoms with Crippen LogP contribution < -0.4 is 5.32 Å². The molecular weight excluding hydrogens is 277 g/mol. The molecule has 0 spiro atoms. The van der Waals surface area contributed by atoms with Gasteiger partial charge in [0.2, 0.25) is 0 Å². The number of ether oxygens (including phenoxy) is 1. The van der Waals surface area contributed by atoms with Gasteiger partial charge < -0.3 is 15.2 Å². The number of hydrogen-bond acceptors (Lipinski definition) is 3. The quantitative estimate of drug-likeness (QED) is 0.892. The van der Waals surface area contributed by atoms with Gasteiger partial charge >= 0.3 is 5.97 Å². The van der Waals surface area contributed by atoms with E-state index in [1.807, 2.05) is 0 Å². The Kier molecular flexibility index (Phi) is 4.01. The maximum Gasteiger partial charge on any atom is 0.332 e. The van der Waals surface area contributed by atoms with Crippen LogP contribution in [-0.4, -0.2) is 29.2 Å². The van der Waals surface area contributed by atoms with E-state index < -0.39 is 29.9 Å². The van der Waals surface area contributed by atoms with E-state index in [2.05, 4.69) is 5.32 Å². The molecule has 1 aromatic rings. The van der Waals surface area contributed by atoms with Gasteiger partial charge in [-0.1, -0.05) is 11.6 Å². The molecule has 2 rings (SSSR count). The number of carbonyl (C=O) groups excluding carboxylic acids is 1. The third-order valence-corrected chi connectivity index (χ3v) is 3.08. The predicted octanol–water partition coefficient (Wildman–Crippen LogP) is 2.05. The number of nitrogens with one attached hydrogen (secondary N) is 1. The number of anilines is 1. The molecule has 1 amide bonds. The lowest BCUT2D eigenvalue weighted by molar-refractivity contribution is -0.150. The zero-order valence-electron chi connectivity index (χ0n) is 9.73. The van der Waals surface area contributed by atoms with Gasteiger partial charge in [-0.05, 0) is 31.0 Å². The van der Waals surface area contributed by atoms with E-state index in [1.54, 1.807) is 0 Å². The summed E-state index contributed by atoms with van der Waals surface area (Å²) in [4.78, 5) is 22.5. The van der Waals surface area contributed by atoms with E-state index in [1.165, 1.54) is 12.1 Å². The minimum Gasteiger partial charge on any atom is -0.479 e. The number of hydrogen-bond donors (Lipinski definition) is 2. The van der Waals surface area contributed by atoms with Crippen LogP contribution in [-0.2, 0) is 14.3 Å². The highest BCUT2D eigenvalue weighted by Gasteiger charge is 2.34. The molecule has 5 nitrogen and oxygen atoms in total. The molecule has 1 saturated heterocycles. The number of rotatable bonds is 3. The number of amides is 1. The van der Waals surface area contributed by atoms with Gasteiger partial charge in [-0.3, -0.25) is 4.79 Å². The van der Waals surface area contributed by atoms with Gasteiger partial charge in [-0.25, -0.2) is 9.18 Å². The second-order valence-corrected chi connectivity index (χ2v) is 4.55. The molecule has 2 N–H and O–H groups in total. The van der Waals surface area contributed by atoms with E-state index in [0.717, 1.165) is 6.07 Å². The van der Waals surface area contributed by atoms with E-state index in [-0.39, 0.29) is 17.1 Å². The molecular formula is C12H11ClFNO4. The molecule has 0 aliphatic carbocycles. The minimum absolute atomic E-state index is 0.0407. The molecule has 0 bridgehead atoms. The van der Waals surface area contributed by atoms with Crippen molar-refractivity contribution in [1.29, 1.82) is 0 Å². The molecule has 0 radical (unpaired) electrons. The standard InChI is InChI=1S/C12H11ClFNO4/c13-7-2-1-6(5-8(7)14)15-11(16)9-3-4-10(19-9)12(17)18/h1-2,5,9-10H,3-4H2,(H,15,16)(H,17,18). The van der Waals surface area contributed by atoms with Crippen LogP contribution in [0.25, 0.3) is 0 Å². The van der Waals surface area contributed by atoms with Crippen LogP contribution in [0.5, 0.6) is 0 Å². The van der Waals surface area contributed by atoms with Crippen molar-refractivity contribution < 1.29 is 23.8 Å². The summed E-state index contributed by atoms with van der Waals surface area (Å²) < 4.78 is 18.3. The number of aliphatic carboxylic acids is 1. The second-order valence-electron chi connectivity index (χ2n) is 4.15. The largest absolute Gasteiger partial charge is 0.479 e. The summed E-state index contributed by atoms with van der Waals surface area (Å²) >= 11 is 5.52. The average molecular weight is 288 g/mol. The Balaban J connectivity index is 1.98. The number of halogens is 2. The van der Waals surface area contributed by atoms with Gasteiger partial charge in [0.25, 0.3) is 5.91 Å². The predicted molar refractivity (Wildman–Crippen MR) is 65.6 cm³/mol. The Hall–Kier alpha value is -1.66. The molecule has 0 aromatic heterocycles.